The van der Waals surface area contributed by atoms with Gasteiger partial charge in [-0.2, -0.15) is 0 Å². The van der Waals surface area contributed by atoms with Gasteiger partial charge in [-0.25, -0.2) is 0 Å². The summed E-state index contributed by atoms with van der Waals surface area (Å²) in [6.45, 7) is 11.7. The van der Waals surface area contributed by atoms with Crippen molar-refractivity contribution in [1.82, 2.24) is 10.2 Å². The average molecular weight is 228 g/mol. The monoisotopic (exact) mass is 228 g/mol. The van der Waals surface area contributed by atoms with Crippen molar-refractivity contribution in [3.63, 3.8) is 0 Å². The molecule has 0 bridgehead atoms. The maximum Gasteiger partial charge on any atom is 0.221 e. The number of nitrogens with zero attached hydrogens (tertiary/aromatic N) is 1. The number of carbonyl (C=O) groups excluding carboxylic acids is 2. The second-order valence-corrected chi connectivity index (χ2v) is 5.31. The van der Waals surface area contributed by atoms with Gasteiger partial charge < -0.3 is 10.2 Å². The van der Waals surface area contributed by atoms with Crippen LogP contribution in [0.3, 0.4) is 0 Å². The first-order chi connectivity index (χ1) is 7.14. The van der Waals surface area contributed by atoms with E-state index in [1.54, 1.807) is 4.90 Å². The quantitative estimate of drug-likeness (QED) is 0.793. The van der Waals surface area contributed by atoms with Gasteiger partial charge in [-0.3, -0.25) is 9.59 Å². The fourth-order valence-electron chi connectivity index (χ4n) is 1.57. The van der Waals surface area contributed by atoms with E-state index in [2.05, 4.69) is 5.32 Å². The topological polar surface area (TPSA) is 49.4 Å². The SMILES string of the molecule is CC(=O)N(CCC(=O)NC(C)C)C(C)(C)C. The van der Waals surface area contributed by atoms with Gasteiger partial charge >= 0.3 is 0 Å². The third-order valence-electron chi connectivity index (χ3n) is 2.20. The van der Waals surface area contributed by atoms with E-state index in [0.717, 1.165) is 0 Å². The summed E-state index contributed by atoms with van der Waals surface area (Å²) in [4.78, 5) is 24.6. The molecule has 0 saturated heterocycles. The van der Waals surface area contributed by atoms with E-state index >= 15 is 0 Å². The predicted octanol–water partition coefficient (Wildman–Crippen LogP) is 1.55. The van der Waals surface area contributed by atoms with Crippen molar-refractivity contribution in [3.8, 4) is 0 Å². The van der Waals surface area contributed by atoms with Gasteiger partial charge in [0.25, 0.3) is 0 Å². The minimum atomic E-state index is -0.232. The van der Waals surface area contributed by atoms with Gasteiger partial charge in [-0.15, -0.1) is 0 Å². The van der Waals surface area contributed by atoms with Crippen molar-refractivity contribution in [2.75, 3.05) is 6.54 Å². The highest BCUT2D eigenvalue weighted by atomic mass is 16.2. The highest BCUT2D eigenvalue weighted by Gasteiger charge is 2.23. The lowest BCUT2D eigenvalue weighted by molar-refractivity contribution is -0.134. The van der Waals surface area contributed by atoms with Gasteiger partial charge in [-0.1, -0.05) is 0 Å². The number of hydrogen-bond donors (Lipinski definition) is 1. The zero-order chi connectivity index (χ0) is 12.9. The van der Waals surface area contributed by atoms with E-state index in [1.807, 2.05) is 34.6 Å². The molecule has 0 heterocycles. The molecule has 4 heteroatoms. The van der Waals surface area contributed by atoms with Gasteiger partial charge in [0.2, 0.25) is 11.8 Å². The molecule has 2 amide bonds. The molecular weight excluding hydrogens is 204 g/mol. The number of carbonyl (C=O) groups is 2. The van der Waals surface area contributed by atoms with Gasteiger partial charge in [0.05, 0.1) is 0 Å². The van der Waals surface area contributed by atoms with Crippen molar-refractivity contribution in [2.24, 2.45) is 0 Å². The minimum absolute atomic E-state index is 0.00449. The van der Waals surface area contributed by atoms with Crippen molar-refractivity contribution in [1.29, 1.82) is 0 Å². The third-order valence-corrected chi connectivity index (χ3v) is 2.20. The fraction of sp³-hybridized carbons (Fsp3) is 0.833. The lowest BCUT2D eigenvalue weighted by Crippen LogP contribution is -2.46. The highest BCUT2D eigenvalue weighted by molar-refractivity contribution is 5.78. The van der Waals surface area contributed by atoms with Gasteiger partial charge in [0, 0.05) is 31.5 Å². The van der Waals surface area contributed by atoms with Crippen LogP contribution in [0.15, 0.2) is 0 Å². The van der Waals surface area contributed by atoms with Crippen LogP contribution >= 0.6 is 0 Å². The van der Waals surface area contributed by atoms with Crippen LogP contribution in [0.2, 0.25) is 0 Å². The first-order valence-electron chi connectivity index (χ1n) is 5.72. The third kappa shape index (κ3) is 5.73. The summed E-state index contributed by atoms with van der Waals surface area (Å²) >= 11 is 0. The van der Waals surface area contributed by atoms with E-state index in [0.29, 0.717) is 13.0 Å². The molecule has 4 nitrogen and oxygen atoms in total. The molecule has 0 saturated carbocycles. The highest BCUT2D eigenvalue weighted by Crippen LogP contribution is 2.13. The Morgan fingerprint density at radius 1 is 1.25 bits per heavy atom. The summed E-state index contributed by atoms with van der Waals surface area (Å²) in [7, 11) is 0. The Hall–Kier alpha value is -1.06. The van der Waals surface area contributed by atoms with E-state index < -0.39 is 0 Å². The molecule has 0 aliphatic carbocycles. The minimum Gasteiger partial charge on any atom is -0.354 e. The van der Waals surface area contributed by atoms with Crippen LogP contribution in [0.4, 0.5) is 0 Å². The Morgan fingerprint density at radius 2 is 1.75 bits per heavy atom. The lowest BCUT2D eigenvalue weighted by Gasteiger charge is -2.34. The smallest absolute Gasteiger partial charge is 0.221 e. The van der Waals surface area contributed by atoms with Gasteiger partial charge in [0.1, 0.15) is 0 Å². The number of amides is 2. The lowest BCUT2D eigenvalue weighted by atomic mass is 10.1. The molecule has 0 unspecified atom stereocenters. The van der Waals surface area contributed by atoms with Crippen LogP contribution in [0.1, 0.15) is 48.0 Å². The molecule has 0 spiro atoms. The van der Waals surface area contributed by atoms with Crippen molar-refractivity contribution < 1.29 is 9.59 Å². The zero-order valence-corrected chi connectivity index (χ0v) is 11.3. The Balaban J connectivity index is 4.24. The summed E-state index contributed by atoms with van der Waals surface area (Å²) in [5, 5.41) is 2.81. The zero-order valence-electron chi connectivity index (χ0n) is 11.3. The molecular formula is C12H24N2O2. The molecule has 0 rings (SSSR count). The molecule has 0 aliphatic heterocycles. The Labute approximate surface area is 98.4 Å². The van der Waals surface area contributed by atoms with Crippen LogP contribution in [0, 0.1) is 0 Å². The molecule has 0 aliphatic rings. The first-order valence-corrected chi connectivity index (χ1v) is 5.72. The summed E-state index contributed by atoms with van der Waals surface area (Å²) < 4.78 is 0. The summed E-state index contributed by atoms with van der Waals surface area (Å²) in [5.74, 6) is -0.00431. The van der Waals surface area contributed by atoms with Crippen molar-refractivity contribution in [2.45, 2.75) is 59.5 Å². The Bertz CT molecular complexity index is 254. The standard InChI is InChI=1S/C12H24N2O2/c1-9(2)13-11(16)7-8-14(10(3)15)12(4,5)6/h9H,7-8H2,1-6H3,(H,13,16). The maximum absolute atomic E-state index is 11.5. The number of nitrogens with one attached hydrogen (secondary N) is 1. The van der Waals surface area contributed by atoms with E-state index in [-0.39, 0.29) is 23.4 Å². The average Bonchev–Trinajstić information content (AvgIpc) is 1.98. The largest absolute Gasteiger partial charge is 0.354 e. The van der Waals surface area contributed by atoms with Crippen molar-refractivity contribution in [3.05, 3.63) is 0 Å². The molecule has 16 heavy (non-hydrogen) atoms. The molecule has 0 radical (unpaired) electrons. The summed E-state index contributed by atoms with van der Waals surface area (Å²) in [6, 6.07) is 0.146. The maximum atomic E-state index is 11.5. The van der Waals surface area contributed by atoms with E-state index in [1.165, 1.54) is 6.92 Å². The first kappa shape index (κ1) is 14.9. The molecule has 0 atom stereocenters. The van der Waals surface area contributed by atoms with Crippen LogP contribution in [-0.2, 0) is 9.59 Å². The van der Waals surface area contributed by atoms with Crippen LogP contribution in [0.25, 0.3) is 0 Å². The normalized spacial score (nSPS) is 11.4. The van der Waals surface area contributed by atoms with Crippen LogP contribution < -0.4 is 5.32 Å². The molecule has 0 fully saturated rings. The molecule has 94 valence electrons. The molecule has 0 aromatic carbocycles. The van der Waals surface area contributed by atoms with Gasteiger partial charge in [0.15, 0.2) is 0 Å². The van der Waals surface area contributed by atoms with Gasteiger partial charge in [-0.05, 0) is 34.6 Å². The molecule has 0 aromatic heterocycles. The van der Waals surface area contributed by atoms with Crippen LogP contribution in [0.5, 0.6) is 0 Å². The van der Waals surface area contributed by atoms with Crippen molar-refractivity contribution >= 4 is 11.8 Å². The number of hydrogen-bond acceptors (Lipinski definition) is 2. The molecule has 1 N–H and O–H groups in total. The molecule has 0 aromatic rings. The predicted molar refractivity (Wildman–Crippen MR) is 65.0 cm³/mol. The summed E-state index contributed by atoms with van der Waals surface area (Å²) in [5.41, 5.74) is -0.232. The second-order valence-electron chi connectivity index (χ2n) is 5.31. The Kier molecular flexibility index (Phi) is 5.48. The summed E-state index contributed by atoms with van der Waals surface area (Å²) in [6.07, 6.45) is 0.356. The Morgan fingerprint density at radius 3 is 2.06 bits per heavy atom. The fourth-order valence-corrected chi connectivity index (χ4v) is 1.57. The van der Waals surface area contributed by atoms with E-state index in [4.69, 9.17) is 0 Å². The second kappa shape index (κ2) is 5.87. The number of rotatable bonds is 4. The van der Waals surface area contributed by atoms with Crippen LogP contribution in [-0.4, -0.2) is 34.8 Å². The van der Waals surface area contributed by atoms with E-state index in [9.17, 15) is 9.59 Å².